The number of benzene rings is 1. The van der Waals surface area contributed by atoms with Crippen LogP contribution in [0, 0.1) is 20.8 Å². The molecule has 25 heavy (non-hydrogen) atoms. The number of aromatic nitrogens is 2. The van der Waals surface area contributed by atoms with E-state index in [9.17, 15) is 4.79 Å². The van der Waals surface area contributed by atoms with Crippen molar-refractivity contribution in [2.24, 2.45) is 0 Å². The summed E-state index contributed by atoms with van der Waals surface area (Å²) < 4.78 is 2.05. The maximum atomic E-state index is 12.4. The highest BCUT2D eigenvalue weighted by atomic mass is 16.1. The van der Waals surface area contributed by atoms with Crippen LogP contribution in [-0.2, 0) is 11.2 Å². The summed E-state index contributed by atoms with van der Waals surface area (Å²) in [7, 11) is 0. The van der Waals surface area contributed by atoms with E-state index in [-0.39, 0.29) is 5.91 Å². The van der Waals surface area contributed by atoms with Crippen molar-refractivity contribution in [1.29, 1.82) is 0 Å². The highest BCUT2D eigenvalue weighted by Crippen LogP contribution is 2.27. The molecule has 0 spiro atoms. The van der Waals surface area contributed by atoms with Crippen molar-refractivity contribution in [2.75, 3.05) is 6.54 Å². The van der Waals surface area contributed by atoms with Gasteiger partial charge in [0.05, 0.1) is 17.8 Å². The summed E-state index contributed by atoms with van der Waals surface area (Å²) in [6.45, 7) is 9.01. The highest BCUT2D eigenvalue weighted by molar-refractivity contribution is 5.82. The van der Waals surface area contributed by atoms with Crippen molar-refractivity contribution < 1.29 is 4.79 Å². The number of hydrogen-bond acceptors (Lipinski definition) is 2. The lowest BCUT2D eigenvalue weighted by molar-refractivity contribution is -0.120. The van der Waals surface area contributed by atoms with Crippen molar-refractivity contribution in [3.63, 3.8) is 0 Å². The topological polar surface area (TPSA) is 46.4 Å². The molecule has 3 rings (SSSR count). The van der Waals surface area contributed by atoms with Crippen molar-refractivity contribution in [3.8, 4) is 11.3 Å². The molecule has 0 aliphatic carbocycles. The van der Waals surface area contributed by atoms with E-state index in [4.69, 9.17) is 4.98 Å². The minimum Gasteiger partial charge on any atom is -0.356 e. The van der Waals surface area contributed by atoms with Crippen molar-refractivity contribution in [3.05, 3.63) is 58.9 Å². The molecule has 0 bridgehead atoms. The number of hydrogen-bond donors (Lipinski definition) is 1. The Morgan fingerprint density at radius 1 is 1.12 bits per heavy atom. The van der Waals surface area contributed by atoms with E-state index < -0.39 is 0 Å². The fraction of sp³-hybridized carbons (Fsp3) is 0.333. The maximum absolute atomic E-state index is 12.4. The minimum atomic E-state index is 0.0373. The molecule has 0 radical (unpaired) electrons. The minimum absolute atomic E-state index is 0.0373. The lowest BCUT2D eigenvalue weighted by atomic mass is 10.0. The Kier molecular flexibility index (Phi) is 4.88. The lowest BCUT2D eigenvalue weighted by Crippen LogP contribution is -2.26. The van der Waals surface area contributed by atoms with Crippen LogP contribution in [0.5, 0.6) is 0 Å². The second-order valence-corrected chi connectivity index (χ2v) is 6.62. The first-order chi connectivity index (χ1) is 12.0. The molecule has 0 fully saturated rings. The Hall–Kier alpha value is -2.62. The van der Waals surface area contributed by atoms with Crippen LogP contribution in [0.3, 0.4) is 0 Å². The van der Waals surface area contributed by atoms with Crippen LogP contribution in [0.25, 0.3) is 16.9 Å². The fourth-order valence-electron chi connectivity index (χ4n) is 3.02. The predicted octanol–water partition coefficient (Wildman–Crippen LogP) is 4.00. The molecule has 0 saturated carbocycles. The smallest absolute Gasteiger partial charge is 0.226 e. The highest BCUT2D eigenvalue weighted by Gasteiger charge is 2.18. The largest absolute Gasteiger partial charge is 0.356 e. The molecule has 2 heterocycles. The number of carbonyl (C=O) groups is 1. The molecule has 3 aromatic rings. The first-order valence-electron chi connectivity index (χ1n) is 8.82. The van der Waals surface area contributed by atoms with Crippen LogP contribution in [0.15, 0.2) is 36.5 Å². The quantitative estimate of drug-likeness (QED) is 0.766. The number of aryl methyl sites for hydroxylation is 3. The molecule has 1 aromatic carbocycles. The van der Waals surface area contributed by atoms with Gasteiger partial charge in [-0.15, -0.1) is 0 Å². The van der Waals surface area contributed by atoms with E-state index in [2.05, 4.69) is 44.3 Å². The number of pyridine rings is 1. The van der Waals surface area contributed by atoms with Gasteiger partial charge in [0.1, 0.15) is 5.65 Å². The first kappa shape index (κ1) is 17.2. The first-order valence-corrected chi connectivity index (χ1v) is 8.82. The van der Waals surface area contributed by atoms with Crippen LogP contribution in [0.4, 0.5) is 0 Å². The average molecular weight is 335 g/mol. The summed E-state index contributed by atoms with van der Waals surface area (Å²) in [6.07, 6.45) is 3.25. The second-order valence-electron chi connectivity index (χ2n) is 6.62. The van der Waals surface area contributed by atoms with Gasteiger partial charge in [0, 0.05) is 18.3 Å². The summed E-state index contributed by atoms with van der Waals surface area (Å²) in [5.41, 5.74) is 7.39. The summed E-state index contributed by atoms with van der Waals surface area (Å²) in [4.78, 5) is 17.2. The summed E-state index contributed by atoms with van der Waals surface area (Å²) in [5.74, 6) is 0.0373. The number of carbonyl (C=O) groups excluding carboxylic acids is 1. The number of fused-ring (bicyclic) bond motifs is 1. The number of amides is 1. The van der Waals surface area contributed by atoms with E-state index in [0.717, 1.165) is 34.6 Å². The number of imidazole rings is 1. The maximum Gasteiger partial charge on any atom is 0.226 e. The predicted molar refractivity (Wildman–Crippen MR) is 102 cm³/mol. The van der Waals surface area contributed by atoms with E-state index in [1.54, 1.807) is 0 Å². The summed E-state index contributed by atoms with van der Waals surface area (Å²) in [5, 5.41) is 2.97. The zero-order valence-corrected chi connectivity index (χ0v) is 15.4. The third-order valence-electron chi connectivity index (χ3n) is 4.62. The molecule has 1 amide bonds. The van der Waals surface area contributed by atoms with E-state index >= 15 is 0 Å². The molecule has 0 aliphatic rings. The molecule has 4 heteroatoms. The average Bonchev–Trinajstić information content (AvgIpc) is 2.95. The van der Waals surface area contributed by atoms with E-state index in [1.165, 1.54) is 11.1 Å². The summed E-state index contributed by atoms with van der Waals surface area (Å²) in [6, 6.07) is 10.4. The molecular weight excluding hydrogens is 310 g/mol. The van der Waals surface area contributed by atoms with Gasteiger partial charge >= 0.3 is 0 Å². The van der Waals surface area contributed by atoms with Crippen molar-refractivity contribution in [1.82, 2.24) is 14.7 Å². The number of nitrogens with zero attached hydrogens (tertiary/aromatic N) is 2. The lowest BCUT2D eigenvalue weighted by Gasteiger charge is -2.08. The van der Waals surface area contributed by atoms with E-state index in [1.807, 2.05) is 29.7 Å². The Bertz CT molecular complexity index is 924. The molecule has 0 unspecified atom stereocenters. The SMILES string of the molecule is CCCNC(=O)Cc1c(-c2ccc(C)c(C)c2)nc2c(C)cccn12. The summed E-state index contributed by atoms with van der Waals surface area (Å²) >= 11 is 0. The van der Waals surface area contributed by atoms with Gasteiger partial charge in [0.2, 0.25) is 5.91 Å². The number of rotatable bonds is 5. The molecule has 130 valence electrons. The van der Waals surface area contributed by atoms with E-state index in [0.29, 0.717) is 13.0 Å². The normalized spacial score (nSPS) is 11.0. The van der Waals surface area contributed by atoms with Gasteiger partial charge in [0.25, 0.3) is 0 Å². The third kappa shape index (κ3) is 3.43. The number of nitrogens with one attached hydrogen (secondary N) is 1. The van der Waals surface area contributed by atoms with Crippen LogP contribution in [-0.4, -0.2) is 21.8 Å². The molecule has 0 saturated heterocycles. The third-order valence-corrected chi connectivity index (χ3v) is 4.62. The Morgan fingerprint density at radius 2 is 1.92 bits per heavy atom. The van der Waals surface area contributed by atoms with Gasteiger partial charge in [-0.05, 0) is 56.0 Å². The van der Waals surface area contributed by atoms with Gasteiger partial charge in [-0.1, -0.05) is 25.1 Å². The molecule has 4 nitrogen and oxygen atoms in total. The van der Waals surface area contributed by atoms with Gasteiger partial charge in [-0.25, -0.2) is 4.98 Å². The standard InChI is InChI=1S/C21H25N3O/c1-5-10-22-19(25)13-18-20(17-9-8-14(2)16(4)12-17)23-21-15(3)7-6-11-24(18)21/h6-9,11-12H,5,10,13H2,1-4H3,(H,22,25). The molecule has 0 aliphatic heterocycles. The zero-order chi connectivity index (χ0) is 18.0. The van der Waals surface area contributed by atoms with Crippen LogP contribution in [0.2, 0.25) is 0 Å². The molecule has 1 N–H and O–H groups in total. The van der Waals surface area contributed by atoms with Crippen LogP contribution < -0.4 is 5.32 Å². The molecular formula is C21H25N3O. The van der Waals surface area contributed by atoms with Crippen molar-refractivity contribution >= 4 is 11.6 Å². The van der Waals surface area contributed by atoms with Gasteiger partial charge in [-0.2, -0.15) is 0 Å². The van der Waals surface area contributed by atoms with Crippen LogP contribution >= 0.6 is 0 Å². The van der Waals surface area contributed by atoms with Crippen LogP contribution in [0.1, 0.15) is 35.7 Å². The van der Waals surface area contributed by atoms with Crippen molar-refractivity contribution in [2.45, 2.75) is 40.5 Å². The Balaban J connectivity index is 2.13. The van der Waals surface area contributed by atoms with Gasteiger partial charge < -0.3 is 9.72 Å². The fourth-order valence-corrected chi connectivity index (χ4v) is 3.02. The zero-order valence-electron chi connectivity index (χ0n) is 15.4. The Morgan fingerprint density at radius 3 is 2.64 bits per heavy atom. The molecule has 2 aromatic heterocycles. The second kappa shape index (κ2) is 7.09. The Labute approximate surface area is 148 Å². The monoisotopic (exact) mass is 335 g/mol. The van der Waals surface area contributed by atoms with Gasteiger partial charge in [-0.3, -0.25) is 4.79 Å². The molecule has 0 atom stereocenters. The van der Waals surface area contributed by atoms with Gasteiger partial charge in [0.15, 0.2) is 0 Å².